The Labute approximate surface area is 153 Å². The average molecular weight is 374 g/mol. The molecule has 8 nitrogen and oxygen atoms in total. The predicted octanol–water partition coefficient (Wildman–Crippen LogP) is 0.679. The molecule has 0 atom stereocenters. The zero-order chi connectivity index (χ0) is 19.3. The minimum absolute atomic E-state index is 0.0257. The molecule has 0 aliphatic carbocycles. The molecule has 0 saturated heterocycles. The smallest absolute Gasteiger partial charge is 0.332 e. The molecule has 2 aromatic rings. The number of nitrogens with zero attached hydrogens (tertiary/aromatic N) is 3. The highest BCUT2D eigenvalue weighted by Crippen LogP contribution is 2.15. The second-order valence-electron chi connectivity index (χ2n) is 5.50. The number of carbonyl (C=O) groups excluding carboxylic acids is 2. The monoisotopic (exact) mass is 374 g/mol. The van der Waals surface area contributed by atoms with Crippen molar-refractivity contribution in [3.63, 3.8) is 0 Å². The fraction of sp³-hybridized carbons (Fsp3) is 0.235. The maximum Gasteiger partial charge on any atom is 0.332 e. The Hall–Kier alpha value is -3.07. The van der Waals surface area contributed by atoms with Crippen LogP contribution < -0.4 is 14.8 Å². The van der Waals surface area contributed by atoms with Gasteiger partial charge in [-0.3, -0.25) is 9.59 Å². The van der Waals surface area contributed by atoms with E-state index >= 15 is 0 Å². The number of likely N-dealkylation sites (N-methyl/N-ethyl adjacent to an activating group) is 1. The van der Waals surface area contributed by atoms with Crippen LogP contribution in [0.25, 0.3) is 11.8 Å². The van der Waals surface area contributed by atoms with Crippen molar-refractivity contribution < 1.29 is 14.3 Å². The number of aryl methyl sites for hydroxylation is 1. The Morgan fingerprint density at radius 1 is 1.23 bits per heavy atom. The van der Waals surface area contributed by atoms with Crippen LogP contribution in [-0.4, -0.2) is 43.0 Å². The first-order chi connectivity index (χ1) is 12.3. The lowest BCUT2D eigenvalue weighted by Crippen LogP contribution is -2.27. The lowest BCUT2D eigenvalue weighted by molar-refractivity contribution is -0.133. The van der Waals surface area contributed by atoms with Crippen molar-refractivity contribution in [3.8, 4) is 0 Å². The molecule has 0 saturated carbocycles. The largest absolute Gasteiger partial charge is 0.466 e. The van der Waals surface area contributed by atoms with Crippen LogP contribution in [0.1, 0.15) is 5.56 Å². The number of benzene rings is 1. The predicted molar refractivity (Wildman–Crippen MR) is 98.5 cm³/mol. The number of thiazole rings is 1. The summed E-state index contributed by atoms with van der Waals surface area (Å²) in [6.45, 7) is 1.95. The minimum atomic E-state index is -0.661. The van der Waals surface area contributed by atoms with Gasteiger partial charge in [0.05, 0.1) is 12.8 Å². The van der Waals surface area contributed by atoms with Crippen molar-refractivity contribution in [1.29, 1.82) is 0 Å². The van der Waals surface area contributed by atoms with Gasteiger partial charge < -0.3 is 14.6 Å². The average Bonchev–Trinajstić information content (AvgIpc) is 2.96. The van der Waals surface area contributed by atoms with E-state index in [4.69, 9.17) is 0 Å². The van der Waals surface area contributed by atoms with Crippen molar-refractivity contribution in [1.82, 2.24) is 9.88 Å². The minimum Gasteiger partial charge on any atom is -0.466 e. The quantitative estimate of drug-likeness (QED) is 0.628. The topological polar surface area (TPSA) is 104 Å². The van der Waals surface area contributed by atoms with Gasteiger partial charge in [-0.1, -0.05) is 17.7 Å². The highest BCUT2D eigenvalue weighted by molar-refractivity contribution is 7.07. The molecular weight excluding hydrogens is 356 g/mol. The van der Waals surface area contributed by atoms with Crippen LogP contribution >= 0.6 is 11.3 Å². The van der Waals surface area contributed by atoms with Gasteiger partial charge in [0.25, 0.3) is 11.5 Å². The van der Waals surface area contributed by atoms with E-state index in [0.29, 0.717) is 5.69 Å². The summed E-state index contributed by atoms with van der Waals surface area (Å²) in [5, 5.41) is 8.10. The highest BCUT2D eigenvalue weighted by Gasteiger charge is 2.15. The van der Waals surface area contributed by atoms with Gasteiger partial charge in [0, 0.05) is 20.2 Å². The summed E-state index contributed by atoms with van der Waals surface area (Å²) in [4.78, 5) is 39.7. The second-order valence-corrected chi connectivity index (χ2v) is 6.55. The lowest BCUT2D eigenvalue weighted by atomic mass is 10.2. The molecule has 1 aromatic heterocycles. The van der Waals surface area contributed by atoms with Gasteiger partial charge in [-0.05, 0) is 19.1 Å². The third-order valence-electron chi connectivity index (χ3n) is 3.24. The standard InChI is InChI=1S/C17H18N4O4S/c1-10-5-7-11(8-6-10)19-20-14(17(24)21(2)3)16-18-15(23)12(26-16)9-13(22)25-4/h5-9H,1-4H3,(H,18,23)/b12-9-,16-14+,20-19?. The molecule has 1 aromatic carbocycles. The zero-order valence-corrected chi connectivity index (χ0v) is 15.6. The van der Waals surface area contributed by atoms with Gasteiger partial charge in [-0.25, -0.2) is 4.79 Å². The number of aromatic amines is 1. The van der Waals surface area contributed by atoms with Crippen LogP contribution in [0.2, 0.25) is 0 Å². The maximum absolute atomic E-state index is 12.4. The van der Waals surface area contributed by atoms with E-state index in [-0.39, 0.29) is 14.9 Å². The molecule has 26 heavy (non-hydrogen) atoms. The van der Waals surface area contributed by atoms with Crippen molar-refractivity contribution in [3.05, 3.63) is 49.4 Å². The molecule has 0 radical (unpaired) electrons. The summed E-state index contributed by atoms with van der Waals surface area (Å²) in [7, 11) is 4.35. The molecule has 0 aliphatic rings. The van der Waals surface area contributed by atoms with Gasteiger partial charge in [0.2, 0.25) is 0 Å². The van der Waals surface area contributed by atoms with Crippen molar-refractivity contribution in [2.24, 2.45) is 10.2 Å². The van der Waals surface area contributed by atoms with Crippen LogP contribution in [0.15, 0.2) is 39.3 Å². The summed E-state index contributed by atoms with van der Waals surface area (Å²) in [5.74, 6) is -1.09. The molecule has 9 heteroatoms. The van der Waals surface area contributed by atoms with Crippen LogP contribution in [0.3, 0.4) is 0 Å². The number of hydrogen-bond acceptors (Lipinski definition) is 7. The van der Waals surface area contributed by atoms with Crippen LogP contribution in [0, 0.1) is 6.92 Å². The van der Waals surface area contributed by atoms with E-state index in [0.717, 1.165) is 23.0 Å². The Morgan fingerprint density at radius 2 is 1.88 bits per heavy atom. The number of amides is 1. The number of carbonyl (C=O) groups is 2. The first-order valence-corrected chi connectivity index (χ1v) is 8.36. The Bertz CT molecular complexity index is 1020. The van der Waals surface area contributed by atoms with E-state index in [9.17, 15) is 14.4 Å². The van der Waals surface area contributed by atoms with E-state index in [1.807, 2.05) is 19.1 Å². The Balaban J connectivity index is 2.60. The first kappa shape index (κ1) is 19.3. The van der Waals surface area contributed by atoms with E-state index in [2.05, 4.69) is 19.9 Å². The number of aromatic nitrogens is 1. The van der Waals surface area contributed by atoms with Gasteiger partial charge in [0.1, 0.15) is 9.20 Å². The number of methoxy groups -OCH3 is 1. The third-order valence-corrected chi connectivity index (χ3v) is 4.26. The Morgan fingerprint density at radius 3 is 2.46 bits per heavy atom. The molecule has 0 fully saturated rings. The molecule has 1 amide bonds. The SMILES string of the molecule is COC(=O)/C=c1\s/c(=C(/N=Nc2ccc(C)cc2)C(=O)N(C)C)[nH]c1=O. The number of nitrogens with one attached hydrogen (secondary N) is 1. The molecule has 0 bridgehead atoms. The highest BCUT2D eigenvalue weighted by atomic mass is 32.1. The number of azo groups is 1. The fourth-order valence-electron chi connectivity index (χ4n) is 1.83. The third kappa shape index (κ3) is 4.73. The van der Waals surface area contributed by atoms with Gasteiger partial charge >= 0.3 is 5.97 Å². The first-order valence-electron chi connectivity index (χ1n) is 7.55. The van der Waals surface area contributed by atoms with Crippen LogP contribution in [0.4, 0.5) is 5.69 Å². The van der Waals surface area contributed by atoms with Crippen molar-refractivity contribution in [2.75, 3.05) is 21.2 Å². The van der Waals surface area contributed by atoms with Gasteiger partial charge in [-0.15, -0.1) is 16.5 Å². The fourth-order valence-corrected chi connectivity index (χ4v) is 2.72. The van der Waals surface area contributed by atoms with Crippen LogP contribution in [-0.2, 0) is 14.3 Å². The number of rotatable bonds is 4. The van der Waals surface area contributed by atoms with E-state index in [1.54, 1.807) is 26.2 Å². The second kappa shape index (κ2) is 8.34. The lowest BCUT2D eigenvalue weighted by Gasteiger charge is -2.08. The number of esters is 1. The van der Waals surface area contributed by atoms with E-state index in [1.165, 1.54) is 12.0 Å². The molecule has 136 valence electrons. The summed E-state index contributed by atoms with van der Waals surface area (Å²) < 4.78 is 4.84. The van der Waals surface area contributed by atoms with Crippen LogP contribution in [0.5, 0.6) is 0 Å². The molecule has 0 aliphatic heterocycles. The van der Waals surface area contributed by atoms with Crippen molar-refractivity contribution >= 4 is 40.7 Å². The summed E-state index contributed by atoms with van der Waals surface area (Å²) >= 11 is 0.932. The normalized spacial score (nSPS) is 13.0. The molecule has 0 unspecified atom stereocenters. The zero-order valence-electron chi connectivity index (χ0n) is 14.8. The van der Waals surface area contributed by atoms with Gasteiger partial charge in [0.15, 0.2) is 5.70 Å². The van der Waals surface area contributed by atoms with Crippen molar-refractivity contribution in [2.45, 2.75) is 6.92 Å². The van der Waals surface area contributed by atoms with Gasteiger partial charge in [-0.2, -0.15) is 5.11 Å². The summed E-state index contributed by atoms with van der Waals surface area (Å²) in [6, 6.07) is 7.28. The maximum atomic E-state index is 12.4. The molecule has 1 heterocycles. The Kier molecular flexibility index (Phi) is 6.18. The van der Waals surface area contributed by atoms with E-state index < -0.39 is 17.4 Å². The summed E-state index contributed by atoms with van der Waals surface area (Å²) in [5.41, 5.74) is 1.11. The molecular formula is C17H18N4O4S. The number of ether oxygens (including phenoxy) is 1. The summed E-state index contributed by atoms with van der Waals surface area (Å²) in [6.07, 6.45) is 1.06. The molecule has 0 spiro atoms. The molecule has 2 rings (SSSR count). The number of hydrogen-bond donors (Lipinski definition) is 1. The number of H-pyrrole nitrogens is 1. The molecule has 1 N–H and O–H groups in total.